The van der Waals surface area contributed by atoms with Crippen LogP contribution in [0.2, 0.25) is 0 Å². The third-order valence-corrected chi connectivity index (χ3v) is 4.33. The standard InChI is InChI=1S/C15H25NO3/c1-5-19-14(18)12(15(2,3)4)13(17)16-9-10-6-7-11(16)8-10/h10-12H,5-9H2,1-4H3. The molecule has 1 saturated heterocycles. The van der Waals surface area contributed by atoms with Crippen molar-refractivity contribution in [1.29, 1.82) is 0 Å². The summed E-state index contributed by atoms with van der Waals surface area (Å²) in [4.78, 5) is 26.8. The fourth-order valence-corrected chi connectivity index (χ4v) is 3.41. The van der Waals surface area contributed by atoms with E-state index in [1.54, 1.807) is 6.92 Å². The van der Waals surface area contributed by atoms with Gasteiger partial charge in [0.15, 0.2) is 0 Å². The van der Waals surface area contributed by atoms with E-state index in [4.69, 9.17) is 4.74 Å². The molecule has 3 atom stereocenters. The van der Waals surface area contributed by atoms with Gasteiger partial charge in [0.2, 0.25) is 5.91 Å². The van der Waals surface area contributed by atoms with Crippen LogP contribution in [0.3, 0.4) is 0 Å². The Labute approximate surface area is 115 Å². The van der Waals surface area contributed by atoms with E-state index >= 15 is 0 Å². The van der Waals surface area contributed by atoms with E-state index in [1.165, 1.54) is 6.42 Å². The highest BCUT2D eigenvalue weighted by molar-refractivity contribution is 5.99. The smallest absolute Gasteiger partial charge is 0.319 e. The van der Waals surface area contributed by atoms with Crippen molar-refractivity contribution >= 4 is 11.9 Å². The number of amides is 1. The Hall–Kier alpha value is -1.06. The fourth-order valence-electron chi connectivity index (χ4n) is 3.41. The van der Waals surface area contributed by atoms with Gasteiger partial charge in [0.25, 0.3) is 0 Å². The summed E-state index contributed by atoms with van der Waals surface area (Å²) in [6.45, 7) is 8.72. The van der Waals surface area contributed by atoms with Crippen LogP contribution < -0.4 is 0 Å². The summed E-state index contributed by atoms with van der Waals surface area (Å²) < 4.78 is 5.10. The third-order valence-electron chi connectivity index (χ3n) is 4.33. The van der Waals surface area contributed by atoms with E-state index in [0.29, 0.717) is 18.6 Å². The van der Waals surface area contributed by atoms with Crippen LogP contribution >= 0.6 is 0 Å². The van der Waals surface area contributed by atoms with Gasteiger partial charge in [0.05, 0.1) is 6.61 Å². The van der Waals surface area contributed by atoms with Crippen molar-refractivity contribution in [1.82, 2.24) is 4.90 Å². The van der Waals surface area contributed by atoms with Gasteiger partial charge in [-0.3, -0.25) is 9.59 Å². The zero-order valence-electron chi connectivity index (χ0n) is 12.4. The quantitative estimate of drug-likeness (QED) is 0.582. The van der Waals surface area contributed by atoms with Crippen LogP contribution in [-0.2, 0) is 14.3 Å². The first-order chi connectivity index (χ1) is 8.84. The molecule has 4 heteroatoms. The van der Waals surface area contributed by atoms with E-state index in [-0.39, 0.29) is 11.9 Å². The van der Waals surface area contributed by atoms with E-state index in [0.717, 1.165) is 19.4 Å². The Morgan fingerprint density at radius 1 is 1.32 bits per heavy atom. The van der Waals surface area contributed by atoms with E-state index in [2.05, 4.69) is 0 Å². The molecule has 1 amide bonds. The Bertz CT molecular complexity index is 372. The largest absolute Gasteiger partial charge is 0.465 e. The van der Waals surface area contributed by atoms with Crippen molar-refractivity contribution in [3.05, 3.63) is 0 Å². The number of hydrogen-bond acceptors (Lipinski definition) is 3. The lowest BCUT2D eigenvalue weighted by atomic mass is 9.79. The summed E-state index contributed by atoms with van der Waals surface area (Å²) in [7, 11) is 0. The van der Waals surface area contributed by atoms with Gasteiger partial charge < -0.3 is 9.64 Å². The Kier molecular flexibility index (Phi) is 3.88. The molecule has 0 N–H and O–H groups in total. The minimum atomic E-state index is -0.674. The van der Waals surface area contributed by atoms with Gasteiger partial charge >= 0.3 is 5.97 Å². The van der Waals surface area contributed by atoms with Crippen LogP contribution in [0.4, 0.5) is 0 Å². The van der Waals surface area contributed by atoms with Gasteiger partial charge in [-0.25, -0.2) is 0 Å². The van der Waals surface area contributed by atoms with Crippen LogP contribution in [0.5, 0.6) is 0 Å². The SMILES string of the molecule is CCOC(=O)C(C(=O)N1CC2CCC1C2)C(C)(C)C. The molecule has 1 heterocycles. The number of carbonyl (C=O) groups is 2. The summed E-state index contributed by atoms with van der Waals surface area (Å²) >= 11 is 0. The molecular weight excluding hydrogens is 242 g/mol. The predicted octanol–water partition coefficient (Wildman–Crippen LogP) is 2.22. The first-order valence-electron chi connectivity index (χ1n) is 7.31. The highest BCUT2D eigenvalue weighted by Gasteiger charge is 2.47. The number of nitrogens with zero attached hydrogens (tertiary/aromatic N) is 1. The van der Waals surface area contributed by atoms with Crippen LogP contribution in [0.1, 0.15) is 47.0 Å². The highest BCUT2D eigenvalue weighted by atomic mass is 16.5. The van der Waals surface area contributed by atoms with Crippen LogP contribution in [0, 0.1) is 17.3 Å². The van der Waals surface area contributed by atoms with Crippen LogP contribution in [0.15, 0.2) is 0 Å². The van der Waals surface area contributed by atoms with Crippen molar-refractivity contribution < 1.29 is 14.3 Å². The number of esters is 1. The lowest BCUT2D eigenvalue weighted by molar-refractivity contribution is -0.161. The number of piperidine rings is 1. The second kappa shape index (κ2) is 5.14. The first-order valence-corrected chi connectivity index (χ1v) is 7.31. The summed E-state index contributed by atoms with van der Waals surface area (Å²) in [6.07, 6.45) is 3.44. The van der Waals surface area contributed by atoms with Crippen molar-refractivity contribution in [2.24, 2.45) is 17.3 Å². The Balaban J connectivity index is 2.14. The van der Waals surface area contributed by atoms with Crippen LogP contribution in [-0.4, -0.2) is 36.0 Å². The molecule has 1 aliphatic carbocycles. The highest BCUT2D eigenvalue weighted by Crippen LogP contribution is 2.40. The molecule has 2 aliphatic rings. The average molecular weight is 267 g/mol. The zero-order chi connectivity index (χ0) is 14.2. The molecule has 2 rings (SSSR count). The van der Waals surface area contributed by atoms with Crippen molar-refractivity contribution in [2.45, 2.75) is 53.0 Å². The van der Waals surface area contributed by atoms with Gasteiger partial charge in [-0.15, -0.1) is 0 Å². The van der Waals surface area contributed by atoms with Crippen molar-refractivity contribution in [2.75, 3.05) is 13.2 Å². The fraction of sp³-hybridized carbons (Fsp3) is 0.867. The summed E-state index contributed by atoms with van der Waals surface area (Å²) in [5.74, 6) is -0.426. The van der Waals surface area contributed by atoms with E-state index in [9.17, 15) is 9.59 Å². The number of ether oxygens (including phenoxy) is 1. The van der Waals surface area contributed by atoms with Gasteiger partial charge in [-0.05, 0) is 37.5 Å². The molecule has 3 unspecified atom stereocenters. The number of carbonyl (C=O) groups excluding carboxylic acids is 2. The lowest BCUT2D eigenvalue weighted by Crippen LogP contribution is -2.48. The van der Waals surface area contributed by atoms with Gasteiger partial charge in [-0.2, -0.15) is 0 Å². The number of rotatable bonds is 3. The number of hydrogen-bond donors (Lipinski definition) is 0. The van der Waals surface area contributed by atoms with Crippen LogP contribution in [0.25, 0.3) is 0 Å². The summed E-state index contributed by atoms with van der Waals surface area (Å²) in [5.41, 5.74) is -0.398. The maximum Gasteiger partial charge on any atom is 0.319 e. The number of likely N-dealkylation sites (tertiary alicyclic amines) is 1. The minimum absolute atomic E-state index is 0.0295. The molecule has 0 aromatic carbocycles. The van der Waals surface area contributed by atoms with E-state index < -0.39 is 11.3 Å². The monoisotopic (exact) mass is 267 g/mol. The molecule has 1 aliphatic heterocycles. The topological polar surface area (TPSA) is 46.6 Å². The molecule has 0 spiro atoms. The minimum Gasteiger partial charge on any atom is -0.465 e. The molecule has 0 radical (unpaired) electrons. The first kappa shape index (κ1) is 14.4. The molecule has 19 heavy (non-hydrogen) atoms. The second-order valence-electron chi connectivity index (χ2n) is 6.87. The number of fused-ring (bicyclic) bond motifs is 2. The predicted molar refractivity (Wildman–Crippen MR) is 72.4 cm³/mol. The normalized spacial score (nSPS) is 27.5. The molecule has 0 aromatic heterocycles. The maximum atomic E-state index is 12.7. The molecule has 2 bridgehead atoms. The lowest BCUT2D eigenvalue weighted by Gasteiger charge is -2.35. The van der Waals surface area contributed by atoms with Gasteiger partial charge in [-0.1, -0.05) is 20.8 Å². The van der Waals surface area contributed by atoms with Gasteiger partial charge in [0.1, 0.15) is 5.92 Å². The maximum absolute atomic E-state index is 12.7. The summed E-state index contributed by atoms with van der Waals surface area (Å²) in [5, 5.41) is 0. The summed E-state index contributed by atoms with van der Waals surface area (Å²) in [6, 6.07) is 0.358. The van der Waals surface area contributed by atoms with E-state index in [1.807, 2.05) is 25.7 Å². The molecule has 4 nitrogen and oxygen atoms in total. The molecule has 2 fully saturated rings. The Morgan fingerprint density at radius 3 is 2.42 bits per heavy atom. The molecular formula is C15H25NO3. The molecule has 108 valence electrons. The molecule has 0 aromatic rings. The zero-order valence-corrected chi connectivity index (χ0v) is 12.4. The molecule has 1 saturated carbocycles. The second-order valence-corrected chi connectivity index (χ2v) is 6.87. The van der Waals surface area contributed by atoms with Gasteiger partial charge in [0, 0.05) is 12.6 Å². The van der Waals surface area contributed by atoms with Crippen molar-refractivity contribution in [3.63, 3.8) is 0 Å². The third kappa shape index (κ3) is 2.77. The average Bonchev–Trinajstić information content (AvgIpc) is 2.88. The van der Waals surface area contributed by atoms with Crippen molar-refractivity contribution in [3.8, 4) is 0 Å². The Morgan fingerprint density at radius 2 is 2.00 bits per heavy atom.